The number of aryl methyl sites for hydroxylation is 1. The fraction of sp³-hybridized carbons (Fsp3) is 0.152. The number of amides is 1. The number of aliphatic carboxylic acids is 1. The number of fused-ring (bicyclic) bond motifs is 1. The van der Waals surface area contributed by atoms with Crippen LogP contribution in [0, 0.1) is 5.41 Å². The molecule has 0 unspecified atom stereocenters. The van der Waals surface area contributed by atoms with Crippen molar-refractivity contribution < 1.29 is 37.2 Å². The van der Waals surface area contributed by atoms with Gasteiger partial charge in [-0.05, 0) is 46.5 Å². The van der Waals surface area contributed by atoms with Crippen molar-refractivity contribution in [2.45, 2.75) is 19.3 Å². The zero-order chi connectivity index (χ0) is 32.7. The van der Waals surface area contributed by atoms with E-state index in [1.165, 1.54) is 0 Å². The number of aromatic nitrogens is 2. The van der Waals surface area contributed by atoms with Gasteiger partial charge in [-0.15, -0.1) is 0 Å². The largest absolute Gasteiger partial charge is 0.496 e. The summed E-state index contributed by atoms with van der Waals surface area (Å²) in [6.07, 6.45) is -1.04. The molecule has 0 saturated heterocycles. The van der Waals surface area contributed by atoms with Gasteiger partial charge < -0.3 is 25.5 Å². The predicted molar refractivity (Wildman–Crippen MR) is 163 cm³/mol. The maximum atomic E-state index is 13.5. The molecule has 5 aromatic rings. The van der Waals surface area contributed by atoms with Crippen LogP contribution in [-0.2, 0) is 24.9 Å². The fourth-order valence-corrected chi connectivity index (χ4v) is 4.59. The Bertz CT molecular complexity index is 1830. The molecule has 5 rings (SSSR count). The second kappa shape index (κ2) is 13.8. The SMILES string of the molecule is COc1cccc2c1cc(C(=O)NCc1ccc(-c3cc[n+](C)cc3)cc1)n2Cc1cccc(C(=N)N)c1.O=C(O)C(F)(F)F. The fourth-order valence-electron chi connectivity index (χ4n) is 4.59. The number of carboxylic acids is 1. The minimum Gasteiger partial charge on any atom is -0.496 e. The molecule has 3 aromatic carbocycles. The number of hydrogen-bond acceptors (Lipinski definition) is 4. The van der Waals surface area contributed by atoms with Crippen molar-refractivity contribution in [2.75, 3.05) is 7.11 Å². The minimum atomic E-state index is -5.08. The zero-order valence-electron chi connectivity index (χ0n) is 24.4. The topological polar surface area (TPSA) is 134 Å². The van der Waals surface area contributed by atoms with E-state index in [1.807, 2.05) is 83.2 Å². The summed E-state index contributed by atoms with van der Waals surface area (Å²) < 4.78 is 41.3. The number of rotatable bonds is 8. The smallest absolute Gasteiger partial charge is 0.490 e. The van der Waals surface area contributed by atoms with Gasteiger partial charge in [0, 0.05) is 36.2 Å². The molecular weight excluding hydrogens is 587 g/mol. The Morgan fingerprint density at radius 3 is 2.18 bits per heavy atom. The number of ether oxygens (including phenoxy) is 1. The van der Waals surface area contributed by atoms with Crippen molar-refractivity contribution >= 4 is 28.6 Å². The van der Waals surface area contributed by atoms with Gasteiger partial charge in [0.15, 0.2) is 12.4 Å². The van der Waals surface area contributed by atoms with E-state index >= 15 is 0 Å². The minimum absolute atomic E-state index is 0.0103. The first kappa shape index (κ1) is 32.3. The number of nitrogens with zero attached hydrogens (tertiary/aromatic N) is 2. The van der Waals surface area contributed by atoms with Gasteiger partial charge >= 0.3 is 12.1 Å². The lowest BCUT2D eigenvalue weighted by Crippen LogP contribution is -2.25. The second-order valence-electron chi connectivity index (χ2n) is 10.1. The molecule has 0 fully saturated rings. The van der Waals surface area contributed by atoms with E-state index in [4.69, 9.17) is 25.8 Å². The molecule has 9 nitrogen and oxygen atoms in total. The third kappa shape index (κ3) is 8.05. The number of pyridine rings is 1. The Morgan fingerprint density at radius 1 is 0.956 bits per heavy atom. The third-order valence-corrected chi connectivity index (χ3v) is 6.90. The lowest BCUT2D eigenvalue weighted by molar-refractivity contribution is -0.671. The number of benzene rings is 3. The highest BCUT2D eigenvalue weighted by molar-refractivity contribution is 6.00. The molecule has 0 aliphatic heterocycles. The lowest BCUT2D eigenvalue weighted by atomic mass is 10.1. The summed E-state index contributed by atoms with van der Waals surface area (Å²) in [6.45, 7) is 0.853. The quantitative estimate of drug-likeness (QED) is 0.110. The number of carbonyl (C=O) groups excluding carboxylic acids is 1. The average Bonchev–Trinajstić information content (AvgIpc) is 3.39. The molecular formula is C33H31F3N5O4+. The van der Waals surface area contributed by atoms with E-state index in [0.717, 1.165) is 33.2 Å². The molecule has 5 N–H and O–H groups in total. The van der Waals surface area contributed by atoms with Crippen LogP contribution in [0.3, 0.4) is 0 Å². The van der Waals surface area contributed by atoms with Crippen molar-refractivity contribution in [1.82, 2.24) is 9.88 Å². The molecule has 0 spiro atoms. The van der Waals surface area contributed by atoms with Gasteiger partial charge in [-0.25, -0.2) is 9.36 Å². The van der Waals surface area contributed by atoms with E-state index < -0.39 is 12.1 Å². The summed E-state index contributed by atoms with van der Waals surface area (Å²) in [5.74, 6) is -2.22. The van der Waals surface area contributed by atoms with E-state index in [9.17, 15) is 18.0 Å². The molecule has 2 aromatic heterocycles. The van der Waals surface area contributed by atoms with Gasteiger partial charge in [0.2, 0.25) is 0 Å². The van der Waals surface area contributed by atoms with Crippen LogP contribution < -0.4 is 20.4 Å². The van der Waals surface area contributed by atoms with Crippen molar-refractivity contribution in [3.05, 3.63) is 120 Å². The van der Waals surface area contributed by atoms with Crippen LogP contribution in [0.5, 0.6) is 5.75 Å². The van der Waals surface area contributed by atoms with Crippen molar-refractivity contribution in [1.29, 1.82) is 5.41 Å². The summed E-state index contributed by atoms with van der Waals surface area (Å²) >= 11 is 0. The molecule has 0 radical (unpaired) electrons. The van der Waals surface area contributed by atoms with Gasteiger partial charge in [0.05, 0.1) is 12.6 Å². The number of halogens is 3. The molecule has 45 heavy (non-hydrogen) atoms. The van der Waals surface area contributed by atoms with E-state index in [1.54, 1.807) is 13.2 Å². The highest BCUT2D eigenvalue weighted by atomic mass is 19.4. The van der Waals surface area contributed by atoms with Crippen LogP contribution in [0.2, 0.25) is 0 Å². The lowest BCUT2D eigenvalue weighted by Gasteiger charge is -2.13. The molecule has 0 atom stereocenters. The summed E-state index contributed by atoms with van der Waals surface area (Å²) in [5.41, 5.74) is 12.0. The molecule has 0 bridgehead atoms. The number of nitrogens with two attached hydrogens (primary N) is 1. The number of nitrogens with one attached hydrogen (secondary N) is 2. The van der Waals surface area contributed by atoms with E-state index in [2.05, 4.69) is 29.6 Å². The summed E-state index contributed by atoms with van der Waals surface area (Å²) in [4.78, 5) is 22.4. The van der Waals surface area contributed by atoms with Gasteiger partial charge in [0.1, 0.15) is 24.3 Å². The van der Waals surface area contributed by atoms with Gasteiger partial charge in [0.25, 0.3) is 5.91 Å². The standard InChI is InChI=1S/C31H29N5O2.C2HF3O2/c1-35-15-13-24(14-16-35)23-11-9-21(10-12-23)19-34-31(37)28-18-26-27(7-4-8-29(26)38-2)36(28)20-22-5-3-6-25(17-22)30(32)33;3-2(4,5)1(6)7/h3-18H,19-20H2,1-2H3,(H3-,32,33,34,37);(H,6,7)/p+1. The van der Waals surface area contributed by atoms with Crippen LogP contribution in [0.1, 0.15) is 27.2 Å². The van der Waals surface area contributed by atoms with Crippen LogP contribution >= 0.6 is 0 Å². The third-order valence-electron chi connectivity index (χ3n) is 6.90. The van der Waals surface area contributed by atoms with Gasteiger partial charge in [-0.3, -0.25) is 10.2 Å². The summed E-state index contributed by atoms with van der Waals surface area (Å²) in [5, 5.41) is 18.8. The normalized spacial score (nSPS) is 11.0. The number of hydrogen-bond donors (Lipinski definition) is 4. The molecule has 2 heterocycles. The van der Waals surface area contributed by atoms with Crippen molar-refractivity contribution in [2.24, 2.45) is 12.8 Å². The highest BCUT2D eigenvalue weighted by Crippen LogP contribution is 2.30. The number of nitrogen functional groups attached to an aromatic ring is 1. The van der Waals surface area contributed by atoms with E-state index in [0.29, 0.717) is 30.1 Å². The number of methoxy groups -OCH3 is 1. The first-order chi connectivity index (χ1) is 21.4. The first-order valence-corrected chi connectivity index (χ1v) is 13.6. The molecule has 1 amide bonds. The highest BCUT2D eigenvalue weighted by Gasteiger charge is 2.38. The Hall–Kier alpha value is -5.65. The molecule has 12 heteroatoms. The number of alkyl halides is 3. The van der Waals surface area contributed by atoms with E-state index in [-0.39, 0.29) is 11.7 Å². The first-order valence-electron chi connectivity index (χ1n) is 13.6. The molecule has 0 aliphatic rings. The van der Waals surface area contributed by atoms with Gasteiger partial charge in [-0.1, -0.05) is 48.5 Å². The second-order valence-corrected chi connectivity index (χ2v) is 10.1. The average molecular weight is 619 g/mol. The Labute approximate surface area is 256 Å². The van der Waals surface area contributed by atoms with Crippen LogP contribution in [-0.4, -0.2) is 40.7 Å². The zero-order valence-corrected chi connectivity index (χ0v) is 24.4. The Kier molecular flexibility index (Phi) is 9.87. The van der Waals surface area contributed by atoms with Crippen LogP contribution in [0.25, 0.3) is 22.0 Å². The predicted octanol–water partition coefficient (Wildman–Crippen LogP) is 5.04. The Balaban J connectivity index is 0.000000591. The maximum Gasteiger partial charge on any atom is 0.490 e. The summed E-state index contributed by atoms with van der Waals surface area (Å²) in [7, 11) is 3.62. The summed E-state index contributed by atoms with van der Waals surface area (Å²) in [6, 6.07) is 27.5. The van der Waals surface area contributed by atoms with Crippen molar-refractivity contribution in [3.63, 3.8) is 0 Å². The van der Waals surface area contributed by atoms with Crippen molar-refractivity contribution in [3.8, 4) is 16.9 Å². The van der Waals surface area contributed by atoms with Crippen LogP contribution in [0.4, 0.5) is 13.2 Å². The molecule has 0 aliphatic carbocycles. The molecule has 232 valence electrons. The van der Waals surface area contributed by atoms with Crippen LogP contribution in [0.15, 0.2) is 97.3 Å². The maximum absolute atomic E-state index is 13.5. The number of amidine groups is 1. The van der Waals surface area contributed by atoms with Gasteiger partial charge in [-0.2, -0.15) is 13.2 Å². The number of carboxylic acid groups (broad SMARTS) is 1. The Morgan fingerprint density at radius 2 is 1.58 bits per heavy atom. The monoisotopic (exact) mass is 618 g/mol. The molecule has 0 saturated carbocycles. The number of carbonyl (C=O) groups is 2.